The highest BCUT2D eigenvalue weighted by atomic mass is 16.4. The Labute approximate surface area is 190 Å². The molecule has 16 N–H and O–H groups in total. The van der Waals surface area contributed by atoms with Gasteiger partial charge in [-0.1, -0.05) is 52.4 Å². The molecule has 0 aromatic heterocycles. The maximum absolute atomic E-state index is 11.8. The fraction of sp³-hybridized carbons (Fsp3) is 0.800. The van der Waals surface area contributed by atoms with Crippen molar-refractivity contribution >= 4 is 23.9 Å². The highest BCUT2D eigenvalue weighted by Crippen LogP contribution is 2.46. The normalized spacial score (nSPS) is 13.4. The fourth-order valence-electron chi connectivity index (χ4n) is 3.41. The van der Waals surface area contributed by atoms with Gasteiger partial charge >= 0.3 is 0 Å². The van der Waals surface area contributed by atoms with Gasteiger partial charge in [-0.15, -0.1) is 0 Å². The molecule has 0 radical (unpaired) electrons. The van der Waals surface area contributed by atoms with Crippen molar-refractivity contribution in [3.05, 3.63) is 0 Å². The van der Waals surface area contributed by atoms with Gasteiger partial charge in [-0.3, -0.25) is 0 Å². The molecule has 0 aliphatic heterocycles. The summed E-state index contributed by atoms with van der Waals surface area (Å²) in [7, 11) is 0. The smallest absolute Gasteiger partial charge is 0.0482 e. The van der Waals surface area contributed by atoms with E-state index < -0.39 is 34.7 Å². The lowest BCUT2D eigenvalue weighted by atomic mass is 9.60. The first-order valence-electron chi connectivity index (χ1n) is 9.80. The van der Waals surface area contributed by atoms with Gasteiger partial charge in [0.15, 0.2) is 0 Å². The number of aliphatic carboxylic acids is 4. The van der Waals surface area contributed by atoms with Crippen molar-refractivity contribution in [1.82, 2.24) is 24.6 Å². The van der Waals surface area contributed by atoms with Crippen molar-refractivity contribution < 1.29 is 39.6 Å². The summed E-state index contributed by atoms with van der Waals surface area (Å²) in [6.45, 7) is 2.71. The Morgan fingerprint density at radius 1 is 0.500 bits per heavy atom. The van der Waals surface area contributed by atoms with Crippen LogP contribution in [-0.2, 0) is 19.2 Å². The zero-order valence-corrected chi connectivity index (χ0v) is 20.8. The number of quaternary nitrogens is 4. The molecule has 0 saturated carbocycles. The van der Waals surface area contributed by atoms with Gasteiger partial charge < -0.3 is 64.2 Å². The van der Waals surface area contributed by atoms with Gasteiger partial charge in [-0.25, -0.2) is 0 Å². The molecule has 0 saturated heterocycles. The average molecular weight is 471 g/mol. The van der Waals surface area contributed by atoms with Gasteiger partial charge in [0.25, 0.3) is 0 Å². The third-order valence-corrected chi connectivity index (χ3v) is 5.73. The van der Waals surface area contributed by atoms with E-state index in [0.29, 0.717) is 51.4 Å². The molecule has 0 heterocycles. The van der Waals surface area contributed by atoms with Crippen molar-refractivity contribution in [2.45, 2.75) is 90.9 Å². The van der Waals surface area contributed by atoms with Crippen LogP contribution in [0.25, 0.3) is 0 Å². The number of carboxylic acids is 4. The standard InChI is InChI=1S/C20H34O8.4H3N/c1-19(17(25)26,13-9-5-3-7-11-15(21)22)20(2,18(27)28)14-10-6-4-8-12-16(23)24;;;;/h3-14H2,1-2H3,(H,21,22)(H,23,24)(H,25,26)(H,27,28);4*1H3. The van der Waals surface area contributed by atoms with Crippen LogP contribution < -0.4 is 45.0 Å². The van der Waals surface area contributed by atoms with Crippen LogP contribution in [0.2, 0.25) is 0 Å². The van der Waals surface area contributed by atoms with Crippen LogP contribution in [-0.4, -0.2) is 23.9 Å². The molecule has 0 fully saturated rings. The third-order valence-electron chi connectivity index (χ3n) is 5.73. The second-order valence-electron chi connectivity index (χ2n) is 7.81. The van der Waals surface area contributed by atoms with Crippen molar-refractivity contribution in [3.8, 4) is 0 Å². The molecule has 0 amide bonds. The monoisotopic (exact) mass is 470 g/mol. The Balaban J connectivity index is -0.000000607. The van der Waals surface area contributed by atoms with E-state index in [-0.39, 0.29) is 50.3 Å². The zero-order chi connectivity index (χ0) is 21.8. The lowest BCUT2D eigenvalue weighted by Crippen LogP contribution is -2.58. The summed E-state index contributed by atoms with van der Waals surface area (Å²) >= 11 is 0. The minimum atomic E-state index is -1.63. The summed E-state index contributed by atoms with van der Waals surface area (Å²) in [5.41, 5.74) is -3.27. The molecular weight excluding hydrogens is 424 g/mol. The predicted molar refractivity (Wildman–Crippen MR) is 116 cm³/mol. The minimum absolute atomic E-state index is 0. The van der Waals surface area contributed by atoms with Crippen LogP contribution in [0.3, 0.4) is 0 Å². The number of unbranched alkanes of at least 4 members (excludes halogenated alkanes) is 6. The summed E-state index contributed by atoms with van der Waals surface area (Å²) in [5.74, 6) is -5.18. The molecule has 0 aliphatic carbocycles. The number of rotatable bonds is 17. The van der Waals surface area contributed by atoms with Gasteiger partial charge in [0, 0.05) is 34.7 Å². The van der Waals surface area contributed by atoms with Gasteiger partial charge in [-0.2, -0.15) is 0 Å². The van der Waals surface area contributed by atoms with Crippen LogP contribution in [0.4, 0.5) is 0 Å². The highest BCUT2D eigenvalue weighted by molar-refractivity contribution is 5.84. The lowest BCUT2D eigenvalue weighted by molar-refractivity contribution is -0.344. The summed E-state index contributed by atoms with van der Waals surface area (Å²) in [4.78, 5) is 44.4. The van der Waals surface area contributed by atoms with Crippen LogP contribution in [0.5, 0.6) is 0 Å². The Morgan fingerprint density at radius 3 is 0.969 bits per heavy atom. The van der Waals surface area contributed by atoms with Crippen molar-refractivity contribution in [1.29, 1.82) is 0 Å². The first kappa shape index (κ1) is 40.1. The average Bonchev–Trinajstić information content (AvgIpc) is 2.59. The topological polar surface area (TPSA) is 307 Å². The van der Waals surface area contributed by atoms with Gasteiger partial charge in [0.1, 0.15) is 0 Å². The molecule has 2 atom stereocenters. The zero-order valence-electron chi connectivity index (χ0n) is 20.8. The van der Waals surface area contributed by atoms with E-state index in [2.05, 4.69) is 0 Å². The van der Waals surface area contributed by atoms with Crippen molar-refractivity contribution in [2.75, 3.05) is 0 Å². The first-order chi connectivity index (χ1) is 13.0. The van der Waals surface area contributed by atoms with Crippen LogP contribution in [0.15, 0.2) is 0 Å². The van der Waals surface area contributed by atoms with Gasteiger partial charge in [0.05, 0.1) is 0 Å². The van der Waals surface area contributed by atoms with E-state index in [4.69, 9.17) is 0 Å². The van der Waals surface area contributed by atoms with Gasteiger partial charge in [-0.05, 0) is 38.5 Å². The predicted octanol–water partition coefficient (Wildman–Crippen LogP) is 0.185. The minimum Gasteiger partial charge on any atom is -0.550 e. The van der Waals surface area contributed by atoms with E-state index in [1.807, 2.05) is 0 Å². The Bertz CT molecular complexity index is 514. The molecule has 194 valence electrons. The molecule has 12 nitrogen and oxygen atoms in total. The van der Waals surface area contributed by atoms with Crippen molar-refractivity contribution in [3.63, 3.8) is 0 Å². The van der Waals surface area contributed by atoms with Crippen LogP contribution in [0, 0.1) is 10.8 Å². The van der Waals surface area contributed by atoms with Crippen LogP contribution in [0.1, 0.15) is 90.9 Å². The lowest BCUT2D eigenvalue weighted by Gasteiger charge is -2.48. The maximum Gasteiger partial charge on any atom is 0.0482 e. The molecule has 0 bridgehead atoms. The molecule has 0 rings (SSSR count). The van der Waals surface area contributed by atoms with Gasteiger partial charge in [0.2, 0.25) is 0 Å². The molecular formula is C20H46N4O8. The molecule has 32 heavy (non-hydrogen) atoms. The molecule has 0 aromatic rings. The summed E-state index contributed by atoms with van der Waals surface area (Å²) in [6.07, 6.45) is 4.03. The van der Waals surface area contributed by atoms with E-state index in [0.717, 1.165) is 0 Å². The van der Waals surface area contributed by atoms with Crippen molar-refractivity contribution in [2.24, 2.45) is 10.8 Å². The van der Waals surface area contributed by atoms with E-state index in [9.17, 15) is 39.6 Å². The number of carboxylic acid groups (broad SMARTS) is 4. The number of hydrogen-bond donors (Lipinski definition) is 4. The van der Waals surface area contributed by atoms with E-state index in [1.165, 1.54) is 13.8 Å². The summed E-state index contributed by atoms with van der Waals surface area (Å²) in [5, 5.41) is 44.4. The summed E-state index contributed by atoms with van der Waals surface area (Å²) in [6, 6.07) is 0. The second kappa shape index (κ2) is 19.4. The molecule has 0 aliphatic rings. The maximum atomic E-state index is 11.8. The Morgan fingerprint density at radius 2 is 0.750 bits per heavy atom. The first-order valence-corrected chi connectivity index (χ1v) is 9.80. The number of carbonyl (C=O) groups excluding carboxylic acids is 4. The second-order valence-corrected chi connectivity index (χ2v) is 7.81. The molecule has 12 heteroatoms. The number of hydrogen-bond acceptors (Lipinski definition) is 8. The largest absolute Gasteiger partial charge is 0.550 e. The van der Waals surface area contributed by atoms with E-state index in [1.54, 1.807) is 0 Å². The summed E-state index contributed by atoms with van der Waals surface area (Å²) < 4.78 is 0. The Hall–Kier alpha value is -2.28. The molecule has 2 unspecified atom stereocenters. The SMILES string of the molecule is CC(CCCCCCC(=O)[O-])(C(=O)[O-])C(C)(CCCCCCC(=O)[O-])C(=O)[O-].[NH4+].[NH4+].[NH4+].[NH4+]. The third kappa shape index (κ3) is 13.2. The fourth-order valence-corrected chi connectivity index (χ4v) is 3.41. The van der Waals surface area contributed by atoms with Crippen LogP contribution >= 0.6 is 0 Å². The number of carbonyl (C=O) groups is 4. The Kier molecular flexibility index (Phi) is 24.3. The molecule has 0 aromatic carbocycles. The quantitative estimate of drug-likeness (QED) is 0.212. The van der Waals surface area contributed by atoms with E-state index >= 15 is 0 Å². The molecule has 0 spiro atoms. The highest BCUT2D eigenvalue weighted by Gasteiger charge is 2.46.